The lowest BCUT2D eigenvalue weighted by atomic mass is 10.2. The molecule has 78 valence electrons. The quantitative estimate of drug-likeness (QED) is 0.718. The first kappa shape index (κ1) is 12.9. The molecule has 0 aromatic carbocycles. The molecule has 0 atom stereocenters. The summed E-state index contributed by atoms with van der Waals surface area (Å²) in [4.78, 5) is 2.33. The predicted molar refractivity (Wildman–Crippen MR) is 59.9 cm³/mol. The van der Waals surface area contributed by atoms with Crippen LogP contribution < -0.4 is 5.73 Å². The van der Waals surface area contributed by atoms with Crippen LogP contribution in [0.3, 0.4) is 0 Å². The predicted octanol–water partition coefficient (Wildman–Crippen LogP) is 2.05. The van der Waals surface area contributed by atoms with E-state index >= 15 is 0 Å². The monoisotopic (exact) mass is 204 g/mol. The summed E-state index contributed by atoms with van der Waals surface area (Å²) in [5.74, 6) is 0.676. The Labute approximate surface area is 86.7 Å². The van der Waals surface area contributed by atoms with E-state index in [4.69, 9.17) is 17.3 Å². The third-order valence-corrected chi connectivity index (χ3v) is 2.10. The summed E-state index contributed by atoms with van der Waals surface area (Å²) < 4.78 is 0. The van der Waals surface area contributed by atoms with Crippen LogP contribution in [-0.4, -0.2) is 31.1 Å². The van der Waals surface area contributed by atoms with E-state index in [1.54, 1.807) is 5.54 Å². The average Bonchev–Trinajstić information content (AvgIpc) is 2.03. The lowest BCUT2D eigenvalue weighted by Crippen LogP contribution is -2.33. The van der Waals surface area contributed by atoms with E-state index in [0.29, 0.717) is 12.5 Å². The van der Waals surface area contributed by atoms with Gasteiger partial charge in [-0.15, -0.1) is 0 Å². The molecule has 0 rings (SSSR count). The van der Waals surface area contributed by atoms with Crippen LogP contribution >= 0.6 is 11.6 Å². The highest BCUT2D eigenvalue weighted by Gasteiger charge is 2.06. The van der Waals surface area contributed by atoms with Gasteiger partial charge in [-0.2, -0.15) is 0 Å². The maximum absolute atomic E-state index is 5.61. The van der Waals surface area contributed by atoms with Crippen molar-refractivity contribution in [3.8, 4) is 0 Å². The Morgan fingerprint density at radius 2 is 2.15 bits per heavy atom. The van der Waals surface area contributed by atoms with Crippen molar-refractivity contribution in [3.63, 3.8) is 0 Å². The molecule has 0 unspecified atom stereocenters. The van der Waals surface area contributed by atoms with Crippen molar-refractivity contribution in [2.45, 2.75) is 20.8 Å². The summed E-state index contributed by atoms with van der Waals surface area (Å²) >= 11 is 5.61. The van der Waals surface area contributed by atoms with Crippen LogP contribution in [0.5, 0.6) is 0 Å². The molecule has 0 amide bonds. The number of nitrogens with zero attached hydrogens (tertiary/aromatic N) is 1. The molecule has 0 radical (unpaired) electrons. The van der Waals surface area contributed by atoms with Crippen LogP contribution in [0, 0.1) is 5.92 Å². The normalized spacial score (nSPS) is 13.0. The van der Waals surface area contributed by atoms with Crippen molar-refractivity contribution in [3.05, 3.63) is 11.1 Å². The van der Waals surface area contributed by atoms with Crippen molar-refractivity contribution < 1.29 is 0 Å². The zero-order chi connectivity index (χ0) is 10.3. The summed E-state index contributed by atoms with van der Waals surface area (Å²) in [7, 11) is 0. The third kappa shape index (κ3) is 7.05. The largest absolute Gasteiger partial charge is 0.329 e. The molecule has 2 nitrogen and oxygen atoms in total. The van der Waals surface area contributed by atoms with Gasteiger partial charge in [0.1, 0.15) is 0 Å². The van der Waals surface area contributed by atoms with Crippen LogP contribution in [0.4, 0.5) is 0 Å². The van der Waals surface area contributed by atoms with Gasteiger partial charge < -0.3 is 5.73 Å². The van der Waals surface area contributed by atoms with Gasteiger partial charge in [-0.1, -0.05) is 25.4 Å². The van der Waals surface area contributed by atoms with Crippen LogP contribution in [0.1, 0.15) is 20.8 Å². The van der Waals surface area contributed by atoms with Crippen LogP contribution in [0.25, 0.3) is 0 Å². The molecule has 0 aliphatic rings. The molecule has 0 saturated carbocycles. The van der Waals surface area contributed by atoms with Gasteiger partial charge in [0.05, 0.1) is 0 Å². The van der Waals surface area contributed by atoms with Crippen LogP contribution in [0.15, 0.2) is 11.1 Å². The maximum Gasteiger partial charge on any atom is 0.0202 e. The highest BCUT2D eigenvalue weighted by molar-refractivity contribution is 6.25. The highest BCUT2D eigenvalue weighted by Crippen LogP contribution is 2.03. The Balaban J connectivity index is 3.93. The lowest BCUT2D eigenvalue weighted by Gasteiger charge is -2.23. The van der Waals surface area contributed by atoms with E-state index in [0.717, 1.165) is 19.6 Å². The second kappa shape index (κ2) is 7.36. The second-order valence-corrected chi connectivity index (χ2v) is 4.09. The van der Waals surface area contributed by atoms with Crippen molar-refractivity contribution in [1.29, 1.82) is 0 Å². The lowest BCUT2D eigenvalue weighted by molar-refractivity contribution is 0.270. The summed E-state index contributed by atoms with van der Waals surface area (Å²) in [6.45, 7) is 10.1. The fourth-order valence-electron chi connectivity index (χ4n) is 1.32. The molecule has 0 aromatic heterocycles. The summed E-state index contributed by atoms with van der Waals surface area (Å²) in [5.41, 5.74) is 8.36. The van der Waals surface area contributed by atoms with Gasteiger partial charge in [0, 0.05) is 31.7 Å². The Morgan fingerprint density at radius 1 is 1.54 bits per heavy atom. The minimum atomic E-state index is 0.676. The molecule has 0 aliphatic heterocycles. The first-order valence-corrected chi connectivity index (χ1v) is 5.22. The zero-order valence-corrected chi connectivity index (χ0v) is 9.64. The third-order valence-electron chi connectivity index (χ3n) is 1.73. The number of hydrogen-bond acceptors (Lipinski definition) is 2. The minimum Gasteiger partial charge on any atom is -0.329 e. The molecular weight excluding hydrogens is 184 g/mol. The summed E-state index contributed by atoms with van der Waals surface area (Å²) in [6.07, 6.45) is 0. The molecule has 3 heteroatoms. The van der Waals surface area contributed by atoms with Crippen molar-refractivity contribution >= 4 is 11.6 Å². The molecule has 2 N–H and O–H groups in total. The van der Waals surface area contributed by atoms with Gasteiger partial charge >= 0.3 is 0 Å². The van der Waals surface area contributed by atoms with E-state index in [1.807, 2.05) is 6.92 Å². The van der Waals surface area contributed by atoms with Gasteiger partial charge in [-0.3, -0.25) is 4.90 Å². The SMILES string of the molecule is CC(=CCl)CN(CCN)CC(C)C. The molecule has 0 aromatic rings. The Bertz CT molecular complexity index is 155. The molecule has 0 bridgehead atoms. The highest BCUT2D eigenvalue weighted by atomic mass is 35.5. The van der Waals surface area contributed by atoms with Gasteiger partial charge in [0.25, 0.3) is 0 Å². The van der Waals surface area contributed by atoms with Crippen molar-refractivity contribution in [1.82, 2.24) is 4.90 Å². The molecule has 0 fully saturated rings. The van der Waals surface area contributed by atoms with E-state index in [-0.39, 0.29) is 0 Å². The van der Waals surface area contributed by atoms with Crippen molar-refractivity contribution in [2.75, 3.05) is 26.2 Å². The topological polar surface area (TPSA) is 29.3 Å². The van der Waals surface area contributed by atoms with E-state index in [1.165, 1.54) is 5.57 Å². The average molecular weight is 205 g/mol. The van der Waals surface area contributed by atoms with Gasteiger partial charge in [0.15, 0.2) is 0 Å². The first-order valence-electron chi connectivity index (χ1n) is 4.78. The minimum absolute atomic E-state index is 0.676. The maximum atomic E-state index is 5.61. The molecule has 0 saturated heterocycles. The fourth-order valence-corrected chi connectivity index (χ4v) is 1.39. The van der Waals surface area contributed by atoms with Gasteiger partial charge in [-0.05, 0) is 18.4 Å². The number of rotatable bonds is 6. The zero-order valence-electron chi connectivity index (χ0n) is 8.89. The molecule has 0 heterocycles. The molecule has 0 aliphatic carbocycles. The first-order chi connectivity index (χ1) is 6.10. The number of halogens is 1. The van der Waals surface area contributed by atoms with Crippen molar-refractivity contribution in [2.24, 2.45) is 11.7 Å². The number of nitrogens with two attached hydrogens (primary N) is 1. The second-order valence-electron chi connectivity index (χ2n) is 3.87. The Morgan fingerprint density at radius 3 is 2.54 bits per heavy atom. The summed E-state index contributed by atoms with van der Waals surface area (Å²) in [5, 5.41) is 0. The van der Waals surface area contributed by atoms with Gasteiger partial charge in [-0.25, -0.2) is 0 Å². The van der Waals surface area contributed by atoms with Crippen LogP contribution in [-0.2, 0) is 0 Å². The number of hydrogen-bond donors (Lipinski definition) is 1. The van der Waals surface area contributed by atoms with E-state index in [9.17, 15) is 0 Å². The van der Waals surface area contributed by atoms with E-state index in [2.05, 4.69) is 18.7 Å². The van der Waals surface area contributed by atoms with Crippen LogP contribution in [0.2, 0.25) is 0 Å². The standard InChI is InChI=1S/C10H21ClN2/c1-9(2)7-13(5-4-12)8-10(3)6-11/h6,9H,4-5,7-8,12H2,1-3H3. The summed E-state index contributed by atoms with van der Waals surface area (Å²) in [6, 6.07) is 0. The fraction of sp³-hybridized carbons (Fsp3) is 0.800. The molecular formula is C10H21ClN2. The Hall–Kier alpha value is -0.0500. The molecule has 0 spiro atoms. The molecule has 13 heavy (non-hydrogen) atoms. The Kier molecular flexibility index (Phi) is 7.33. The van der Waals surface area contributed by atoms with Gasteiger partial charge in [0.2, 0.25) is 0 Å². The smallest absolute Gasteiger partial charge is 0.0202 e. The van der Waals surface area contributed by atoms with E-state index < -0.39 is 0 Å².